The zero-order valence-electron chi connectivity index (χ0n) is 9.32. The fraction of sp³-hybridized carbons (Fsp3) is 0.600. The maximum atomic E-state index is 13.0. The molecule has 1 aromatic rings. The van der Waals surface area contributed by atoms with Crippen LogP contribution < -0.4 is 5.32 Å². The van der Waals surface area contributed by atoms with Crippen LogP contribution in [0.4, 0.5) is 8.78 Å². The Kier molecular flexibility index (Phi) is 3.39. The van der Waals surface area contributed by atoms with Gasteiger partial charge in [0.2, 0.25) is 5.91 Å². The van der Waals surface area contributed by atoms with E-state index in [9.17, 15) is 13.6 Å². The van der Waals surface area contributed by atoms with Gasteiger partial charge in [-0.05, 0) is 0 Å². The Morgan fingerprint density at radius 1 is 1.76 bits per heavy atom. The molecule has 0 radical (unpaired) electrons. The molecule has 4 nitrogen and oxygen atoms in total. The van der Waals surface area contributed by atoms with Crippen LogP contribution in [-0.2, 0) is 11.3 Å². The Hall–Kier alpha value is -1.08. The quantitative estimate of drug-likeness (QED) is 0.886. The molecule has 1 aliphatic rings. The highest BCUT2D eigenvalue weighted by Gasteiger charge is 2.43. The van der Waals surface area contributed by atoms with E-state index >= 15 is 0 Å². The number of aromatic nitrogens is 1. The fourth-order valence-electron chi connectivity index (χ4n) is 1.77. The lowest BCUT2D eigenvalue weighted by molar-refractivity contribution is -0.132. The fourth-order valence-corrected chi connectivity index (χ4v) is 2.44. The topological polar surface area (TPSA) is 45.2 Å². The standard InChI is InChI=1S/C10H13F2N3OS/c1-15(5-8-13-2-3-17-8)9(16)7-4-10(11,12)6-14-7/h2-3,7,14H,4-6H2,1H3. The largest absolute Gasteiger partial charge is 0.338 e. The second kappa shape index (κ2) is 4.66. The van der Waals surface area contributed by atoms with Crippen molar-refractivity contribution in [3.05, 3.63) is 16.6 Å². The predicted octanol–water partition coefficient (Wildman–Crippen LogP) is 1.10. The number of thiazole rings is 1. The van der Waals surface area contributed by atoms with E-state index in [1.54, 1.807) is 13.2 Å². The van der Waals surface area contributed by atoms with Gasteiger partial charge in [-0.25, -0.2) is 13.8 Å². The maximum Gasteiger partial charge on any atom is 0.262 e. The number of halogens is 2. The molecule has 1 unspecified atom stereocenters. The first-order valence-corrected chi connectivity index (χ1v) is 6.10. The van der Waals surface area contributed by atoms with Gasteiger partial charge >= 0.3 is 0 Å². The van der Waals surface area contributed by atoms with Crippen LogP contribution in [0.5, 0.6) is 0 Å². The van der Waals surface area contributed by atoms with E-state index in [2.05, 4.69) is 10.3 Å². The molecule has 1 aliphatic heterocycles. The van der Waals surface area contributed by atoms with Crippen LogP contribution in [0.15, 0.2) is 11.6 Å². The van der Waals surface area contributed by atoms with Gasteiger partial charge in [-0.2, -0.15) is 0 Å². The number of likely N-dealkylation sites (N-methyl/N-ethyl adjacent to an activating group) is 1. The lowest BCUT2D eigenvalue weighted by Crippen LogP contribution is -2.41. The van der Waals surface area contributed by atoms with Crippen LogP contribution in [0.2, 0.25) is 0 Å². The van der Waals surface area contributed by atoms with Gasteiger partial charge in [-0.1, -0.05) is 0 Å². The second-order valence-electron chi connectivity index (χ2n) is 4.11. The number of carbonyl (C=O) groups is 1. The van der Waals surface area contributed by atoms with Crippen molar-refractivity contribution >= 4 is 17.2 Å². The molecule has 2 rings (SSSR count). The maximum absolute atomic E-state index is 13.0. The molecule has 7 heteroatoms. The molecule has 0 spiro atoms. The van der Waals surface area contributed by atoms with Crippen LogP contribution in [-0.4, -0.2) is 41.3 Å². The molecule has 0 saturated carbocycles. The summed E-state index contributed by atoms with van der Waals surface area (Å²) in [6, 6.07) is -0.782. The molecule has 94 valence electrons. The van der Waals surface area contributed by atoms with E-state index in [0.717, 1.165) is 5.01 Å². The van der Waals surface area contributed by atoms with E-state index < -0.39 is 24.9 Å². The monoisotopic (exact) mass is 261 g/mol. The summed E-state index contributed by atoms with van der Waals surface area (Å²) in [4.78, 5) is 17.3. The van der Waals surface area contributed by atoms with Crippen molar-refractivity contribution in [3.8, 4) is 0 Å². The number of nitrogens with zero attached hydrogens (tertiary/aromatic N) is 2. The molecular formula is C10H13F2N3OS. The number of nitrogens with one attached hydrogen (secondary N) is 1. The van der Waals surface area contributed by atoms with Crippen LogP contribution in [0.25, 0.3) is 0 Å². The first-order chi connectivity index (χ1) is 7.98. The molecule has 0 aliphatic carbocycles. The van der Waals surface area contributed by atoms with Gasteiger partial charge in [-0.15, -0.1) is 11.3 Å². The molecule has 2 heterocycles. The number of hydrogen-bond donors (Lipinski definition) is 1. The molecular weight excluding hydrogens is 248 g/mol. The number of alkyl halides is 2. The number of carbonyl (C=O) groups excluding carboxylic acids is 1. The average molecular weight is 261 g/mol. The Bertz CT molecular complexity index is 396. The minimum atomic E-state index is -2.78. The van der Waals surface area contributed by atoms with Crippen molar-refractivity contribution < 1.29 is 13.6 Å². The Morgan fingerprint density at radius 3 is 3.06 bits per heavy atom. The van der Waals surface area contributed by atoms with Crippen LogP contribution in [0.1, 0.15) is 11.4 Å². The van der Waals surface area contributed by atoms with Gasteiger partial charge in [0.05, 0.1) is 19.1 Å². The van der Waals surface area contributed by atoms with Gasteiger partial charge in [0.25, 0.3) is 5.92 Å². The summed E-state index contributed by atoms with van der Waals surface area (Å²) in [5, 5.41) is 5.16. The third-order valence-corrected chi connectivity index (χ3v) is 3.40. The molecule has 1 saturated heterocycles. The summed E-state index contributed by atoms with van der Waals surface area (Å²) < 4.78 is 25.9. The summed E-state index contributed by atoms with van der Waals surface area (Å²) in [7, 11) is 1.60. The third-order valence-electron chi connectivity index (χ3n) is 2.64. The normalized spacial score (nSPS) is 22.6. The Morgan fingerprint density at radius 2 is 2.53 bits per heavy atom. The number of rotatable bonds is 3. The Labute approximate surface area is 102 Å². The van der Waals surface area contributed by atoms with E-state index in [-0.39, 0.29) is 5.91 Å². The third kappa shape index (κ3) is 2.98. The van der Waals surface area contributed by atoms with E-state index in [0.29, 0.717) is 6.54 Å². The van der Waals surface area contributed by atoms with Crippen molar-refractivity contribution in [1.29, 1.82) is 0 Å². The molecule has 1 amide bonds. The van der Waals surface area contributed by atoms with E-state index in [1.165, 1.54) is 16.2 Å². The van der Waals surface area contributed by atoms with Gasteiger partial charge in [0.1, 0.15) is 5.01 Å². The Balaban J connectivity index is 1.92. The summed E-state index contributed by atoms with van der Waals surface area (Å²) >= 11 is 1.44. The van der Waals surface area contributed by atoms with Gasteiger partial charge in [0.15, 0.2) is 0 Å². The second-order valence-corrected chi connectivity index (χ2v) is 5.09. The first kappa shape index (κ1) is 12.4. The van der Waals surface area contributed by atoms with Crippen molar-refractivity contribution in [3.63, 3.8) is 0 Å². The smallest absolute Gasteiger partial charge is 0.262 e. The summed E-state index contributed by atoms with van der Waals surface area (Å²) in [6.07, 6.45) is 1.23. The number of hydrogen-bond acceptors (Lipinski definition) is 4. The van der Waals surface area contributed by atoms with Crippen molar-refractivity contribution in [1.82, 2.24) is 15.2 Å². The first-order valence-electron chi connectivity index (χ1n) is 5.22. The van der Waals surface area contributed by atoms with Crippen molar-refractivity contribution in [2.75, 3.05) is 13.6 Å². The SMILES string of the molecule is CN(Cc1nccs1)C(=O)C1CC(F)(F)CN1. The zero-order valence-corrected chi connectivity index (χ0v) is 10.1. The van der Waals surface area contributed by atoms with Crippen molar-refractivity contribution in [2.24, 2.45) is 0 Å². The van der Waals surface area contributed by atoms with E-state index in [4.69, 9.17) is 0 Å². The highest BCUT2D eigenvalue weighted by atomic mass is 32.1. The van der Waals surface area contributed by atoms with Crippen LogP contribution in [0, 0.1) is 0 Å². The minimum Gasteiger partial charge on any atom is -0.338 e. The molecule has 0 bridgehead atoms. The van der Waals surface area contributed by atoms with Crippen LogP contribution >= 0.6 is 11.3 Å². The van der Waals surface area contributed by atoms with Gasteiger partial charge < -0.3 is 4.90 Å². The molecule has 0 aromatic carbocycles. The molecule has 1 fully saturated rings. The van der Waals surface area contributed by atoms with E-state index in [1.807, 2.05) is 5.38 Å². The lowest BCUT2D eigenvalue weighted by Gasteiger charge is -2.19. The molecule has 1 aromatic heterocycles. The molecule has 17 heavy (non-hydrogen) atoms. The molecule has 1 atom stereocenters. The average Bonchev–Trinajstić information content (AvgIpc) is 2.86. The molecule has 1 N–H and O–H groups in total. The summed E-state index contributed by atoms with van der Waals surface area (Å²) in [5.74, 6) is -3.08. The van der Waals surface area contributed by atoms with Crippen molar-refractivity contribution in [2.45, 2.75) is 24.9 Å². The van der Waals surface area contributed by atoms with Gasteiger partial charge in [0, 0.05) is 25.0 Å². The number of amides is 1. The van der Waals surface area contributed by atoms with Crippen LogP contribution in [0.3, 0.4) is 0 Å². The highest BCUT2D eigenvalue weighted by Crippen LogP contribution is 2.26. The minimum absolute atomic E-state index is 0.308. The predicted molar refractivity (Wildman–Crippen MR) is 59.9 cm³/mol. The highest BCUT2D eigenvalue weighted by molar-refractivity contribution is 7.09. The lowest BCUT2D eigenvalue weighted by atomic mass is 10.2. The summed E-state index contributed by atoms with van der Waals surface area (Å²) in [6.45, 7) is -0.0608. The zero-order chi connectivity index (χ0) is 12.5. The summed E-state index contributed by atoms with van der Waals surface area (Å²) in [5.41, 5.74) is 0. The van der Waals surface area contributed by atoms with Gasteiger partial charge in [-0.3, -0.25) is 10.1 Å².